The van der Waals surface area contributed by atoms with E-state index < -0.39 is 18.7 Å². The third-order valence-corrected chi connectivity index (χ3v) is 9.64. The van der Waals surface area contributed by atoms with Crippen molar-refractivity contribution in [2.45, 2.75) is 13.1 Å². The summed E-state index contributed by atoms with van der Waals surface area (Å²) in [5, 5.41) is 13.8. The first kappa shape index (κ1) is 20.8. The van der Waals surface area contributed by atoms with Gasteiger partial charge in [0.25, 0.3) is 0 Å². The lowest BCUT2D eigenvalue weighted by Crippen LogP contribution is -2.32. The molecule has 0 spiro atoms. The van der Waals surface area contributed by atoms with E-state index in [2.05, 4.69) is 36.4 Å². The first-order chi connectivity index (χ1) is 15.0. The van der Waals surface area contributed by atoms with Crippen molar-refractivity contribution < 1.29 is 14.3 Å². The van der Waals surface area contributed by atoms with Gasteiger partial charge in [-0.05, 0) is 43.3 Å². The molecule has 154 valence electrons. The third-order valence-electron chi connectivity index (χ3n) is 5.32. The van der Waals surface area contributed by atoms with Gasteiger partial charge in [-0.3, -0.25) is 4.79 Å². The first-order valence-corrected chi connectivity index (χ1v) is 11.9. The average Bonchev–Trinajstić information content (AvgIpc) is 2.78. The molecule has 0 bridgehead atoms. The average molecular weight is 429 g/mol. The smallest absolute Gasteiger partial charge is 0.350 e. The Labute approximate surface area is 181 Å². The van der Waals surface area contributed by atoms with Crippen molar-refractivity contribution in [1.82, 2.24) is 0 Å². The van der Waals surface area contributed by atoms with Crippen LogP contribution in [0.1, 0.15) is 23.0 Å². The van der Waals surface area contributed by atoms with Gasteiger partial charge in [-0.15, -0.1) is 0 Å². The van der Waals surface area contributed by atoms with Crippen molar-refractivity contribution >= 4 is 29.0 Å². The van der Waals surface area contributed by atoms with Crippen LogP contribution in [0.25, 0.3) is 0 Å². The van der Waals surface area contributed by atoms with Gasteiger partial charge < -0.3 is 9.52 Å². The van der Waals surface area contributed by atoms with Crippen molar-refractivity contribution in [3.63, 3.8) is 0 Å². The molecule has 4 rings (SSSR count). The molecule has 0 atom stereocenters. The topological polar surface area (TPSA) is 67.5 Å². The van der Waals surface area contributed by atoms with Crippen LogP contribution in [0.4, 0.5) is 0 Å². The molecule has 0 aliphatic rings. The molecule has 1 aromatic heterocycles. The Morgan fingerprint density at radius 1 is 0.806 bits per heavy atom. The summed E-state index contributed by atoms with van der Waals surface area (Å²) in [6, 6.07) is 31.9. The van der Waals surface area contributed by atoms with Crippen molar-refractivity contribution in [3.8, 4) is 5.75 Å². The Kier molecular flexibility index (Phi) is 5.83. The molecule has 4 aromatic rings. The lowest BCUT2D eigenvalue weighted by molar-refractivity contribution is 0.101. The molecule has 0 fully saturated rings. The Bertz CT molecular complexity index is 1150. The second kappa shape index (κ2) is 8.71. The number of aromatic hydroxyl groups is 1. The minimum absolute atomic E-state index is 0.313. The summed E-state index contributed by atoms with van der Waals surface area (Å²) in [4.78, 5) is 24.2. The van der Waals surface area contributed by atoms with Crippen LogP contribution in [-0.4, -0.2) is 10.9 Å². The molecular formula is C26H22O4P+. The molecule has 0 amide bonds. The highest BCUT2D eigenvalue weighted by Gasteiger charge is 2.46. The first-order valence-electron chi connectivity index (χ1n) is 9.94. The molecule has 0 saturated heterocycles. The quantitative estimate of drug-likeness (QED) is 0.371. The lowest BCUT2D eigenvalue weighted by atomic mass is 10.2. The molecule has 4 nitrogen and oxygen atoms in total. The molecule has 0 aliphatic carbocycles. The molecule has 3 aromatic carbocycles. The zero-order valence-electron chi connectivity index (χ0n) is 17.1. The van der Waals surface area contributed by atoms with Crippen LogP contribution in [0.5, 0.6) is 5.75 Å². The van der Waals surface area contributed by atoms with Gasteiger partial charge in [0.1, 0.15) is 46.4 Å². The second-order valence-electron chi connectivity index (χ2n) is 7.29. The predicted molar refractivity (Wildman–Crippen MR) is 125 cm³/mol. The Morgan fingerprint density at radius 2 is 1.23 bits per heavy atom. The van der Waals surface area contributed by atoms with Crippen molar-refractivity contribution in [1.29, 1.82) is 0 Å². The fraction of sp³-hybridized carbons (Fsp3) is 0.0769. The van der Waals surface area contributed by atoms with Crippen molar-refractivity contribution in [3.05, 3.63) is 119 Å². The molecule has 0 aliphatic heterocycles. The zero-order chi connectivity index (χ0) is 21.8. The van der Waals surface area contributed by atoms with Gasteiger partial charge in [-0.1, -0.05) is 54.6 Å². The van der Waals surface area contributed by atoms with E-state index in [9.17, 15) is 14.7 Å². The van der Waals surface area contributed by atoms with Crippen molar-refractivity contribution in [2.24, 2.45) is 0 Å². The van der Waals surface area contributed by atoms with Crippen molar-refractivity contribution in [2.75, 3.05) is 0 Å². The molecule has 0 saturated carbocycles. The maximum absolute atomic E-state index is 12.5. The highest BCUT2D eigenvalue weighted by molar-refractivity contribution is 7.95. The number of Topliss-reactive ketones (excluding diaryl/α,β-unsaturated/α-hetero) is 1. The van der Waals surface area contributed by atoms with E-state index in [0.717, 1.165) is 15.9 Å². The van der Waals surface area contributed by atoms with E-state index in [1.165, 1.54) is 13.0 Å². The monoisotopic (exact) mass is 429 g/mol. The number of hydrogen-bond acceptors (Lipinski definition) is 4. The molecule has 31 heavy (non-hydrogen) atoms. The minimum Gasteiger partial charge on any atom is -0.507 e. The highest BCUT2D eigenvalue weighted by atomic mass is 31.2. The second-order valence-corrected chi connectivity index (χ2v) is 10.8. The molecule has 1 N–H and O–H groups in total. The number of carbonyl (C=O) groups is 1. The molecule has 1 heterocycles. The predicted octanol–water partition coefficient (Wildman–Crippen LogP) is 4.04. The van der Waals surface area contributed by atoms with E-state index in [0.29, 0.717) is 11.9 Å². The summed E-state index contributed by atoms with van der Waals surface area (Å²) in [7, 11) is -2.28. The minimum atomic E-state index is -2.28. The van der Waals surface area contributed by atoms with Crippen LogP contribution in [0, 0.1) is 0 Å². The zero-order valence-corrected chi connectivity index (χ0v) is 18.0. The normalized spacial score (nSPS) is 11.3. The highest BCUT2D eigenvalue weighted by Crippen LogP contribution is 2.58. The van der Waals surface area contributed by atoms with E-state index >= 15 is 0 Å². The largest absolute Gasteiger partial charge is 0.507 e. The maximum Gasteiger partial charge on any atom is 0.350 e. The van der Waals surface area contributed by atoms with Crippen LogP contribution in [0.2, 0.25) is 0 Å². The number of rotatable bonds is 6. The maximum atomic E-state index is 12.5. The molecule has 5 heteroatoms. The third kappa shape index (κ3) is 3.95. The number of ketones is 1. The van der Waals surface area contributed by atoms with Gasteiger partial charge >= 0.3 is 5.63 Å². The van der Waals surface area contributed by atoms with Crippen LogP contribution < -0.4 is 21.5 Å². The Hall–Kier alpha value is -3.49. The summed E-state index contributed by atoms with van der Waals surface area (Å²) >= 11 is 0. The molecule has 0 unspecified atom stereocenters. The van der Waals surface area contributed by atoms with E-state index in [4.69, 9.17) is 4.42 Å². The van der Waals surface area contributed by atoms with Gasteiger partial charge in [-0.2, -0.15) is 0 Å². The van der Waals surface area contributed by atoms with Gasteiger partial charge in [0, 0.05) is 6.07 Å². The van der Waals surface area contributed by atoms with Crippen LogP contribution in [0.15, 0.2) is 106 Å². The summed E-state index contributed by atoms with van der Waals surface area (Å²) in [6.07, 6.45) is 0.395. The molecular weight excluding hydrogens is 407 g/mol. The Balaban J connectivity index is 2.00. The Morgan fingerprint density at radius 3 is 1.58 bits per heavy atom. The fourth-order valence-corrected chi connectivity index (χ4v) is 8.04. The van der Waals surface area contributed by atoms with Crippen LogP contribution >= 0.6 is 7.26 Å². The summed E-state index contributed by atoms with van der Waals surface area (Å²) in [5.41, 5.74) is -1.12. The van der Waals surface area contributed by atoms with Crippen LogP contribution in [0.3, 0.4) is 0 Å². The van der Waals surface area contributed by atoms with Gasteiger partial charge in [-0.25, -0.2) is 4.79 Å². The fourth-order valence-electron chi connectivity index (χ4n) is 3.93. The number of carbonyl (C=O) groups excluding carboxylic acids is 1. The van der Waals surface area contributed by atoms with Crippen LogP contribution in [-0.2, 0) is 6.16 Å². The van der Waals surface area contributed by atoms with E-state index in [1.54, 1.807) is 0 Å². The van der Waals surface area contributed by atoms with Gasteiger partial charge in [0.05, 0.1) is 0 Å². The SMILES string of the molecule is CC(=O)c1c(O)cc(C[P+](c2ccccc2)(c2ccccc2)c2ccccc2)oc1=O. The summed E-state index contributed by atoms with van der Waals surface area (Å²) in [5.74, 6) is -0.517. The van der Waals surface area contributed by atoms with E-state index in [1.807, 2.05) is 54.6 Å². The summed E-state index contributed by atoms with van der Waals surface area (Å²) in [6.45, 7) is 1.24. The standard InChI is InChI=1S/C26H21O4P/c1-19(27)25-24(28)17-20(30-26(25)29)18-31(21-11-5-2-6-12-21,22-13-7-3-8-14-22)23-15-9-4-10-16-23/h2-17H,18H2,1H3/p+1. The van der Waals surface area contributed by atoms with E-state index in [-0.39, 0.29) is 11.3 Å². The summed E-state index contributed by atoms with van der Waals surface area (Å²) < 4.78 is 5.56. The molecule has 0 radical (unpaired) electrons. The number of hydrogen-bond donors (Lipinski definition) is 1. The number of benzene rings is 3. The lowest BCUT2D eigenvalue weighted by Gasteiger charge is -2.27. The van der Waals surface area contributed by atoms with Gasteiger partial charge in [0.15, 0.2) is 5.78 Å². The van der Waals surface area contributed by atoms with Gasteiger partial charge in [0.2, 0.25) is 0 Å².